The zero-order chi connectivity index (χ0) is 19.3. The highest BCUT2D eigenvalue weighted by Crippen LogP contribution is 2.13. The number of hydrogen-bond acceptors (Lipinski definition) is 8. The van der Waals surface area contributed by atoms with Gasteiger partial charge in [0.1, 0.15) is 11.6 Å². The second kappa shape index (κ2) is 8.10. The molecule has 3 aromatic heterocycles. The second-order valence-corrected chi connectivity index (χ2v) is 7.56. The van der Waals surface area contributed by atoms with Gasteiger partial charge in [0.05, 0.1) is 6.33 Å². The minimum Gasteiger partial charge on any atom is -0.367 e. The molecule has 3 rings (SSSR count). The van der Waals surface area contributed by atoms with Crippen LogP contribution in [0.4, 0.5) is 17.5 Å². The molecule has 0 radical (unpaired) electrons. The number of aryl methyl sites for hydroxylation is 2. The molecule has 0 amide bonds. The Morgan fingerprint density at radius 3 is 2.48 bits per heavy atom. The zero-order valence-corrected chi connectivity index (χ0v) is 15.7. The topological polar surface area (TPSA) is 127 Å². The van der Waals surface area contributed by atoms with Crippen LogP contribution < -0.4 is 15.4 Å². The van der Waals surface area contributed by atoms with E-state index in [0.29, 0.717) is 24.0 Å². The van der Waals surface area contributed by atoms with E-state index in [1.807, 2.05) is 19.1 Å². The minimum absolute atomic E-state index is 0.00928. The molecule has 0 aliphatic heterocycles. The molecule has 0 saturated heterocycles. The molecule has 0 aromatic carbocycles. The summed E-state index contributed by atoms with van der Waals surface area (Å²) < 4.78 is 28.1. The van der Waals surface area contributed by atoms with Gasteiger partial charge in [-0.2, -0.15) is 0 Å². The van der Waals surface area contributed by atoms with Crippen LogP contribution in [-0.4, -0.2) is 46.2 Å². The van der Waals surface area contributed by atoms with E-state index in [1.54, 1.807) is 29.9 Å². The van der Waals surface area contributed by atoms with Crippen LogP contribution in [0.25, 0.3) is 0 Å². The number of hydrogen-bond donors (Lipinski definition) is 3. The largest absolute Gasteiger partial charge is 0.367 e. The average molecular weight is 388 g/mol. The monoisotopic (exact) mass is 388 g/mol. The van der Waals surface area contributed by atoms with E-state index < -0.39 is 10.0 Å². The Morgan fingerprint density at radius 1 is 1.04 bits per heavy atom. The van der Waals surface area contributed by atoms with Crippen molar-refractivity contribution in [3.63, 3.8) is 0 Å². The first-order chi connectivity index (χ1) is 12.9. The number of nitrogens with one attached hydrogen (secondary N) is 3. The summed E-state index contributed by atoms with van der Waals surface area (Å²) in [5.41, 5.74) is 1.09. The van der Waals surface area contributed by atoms with Crippen molar-refractivity contribution in [2.75, 3.05) is 23.7 Å². The van der Waals surface area contributed by atoms with Crippen molar-refractivity contribution >= 4 is 27.5 Å². The molecule has 3 aromatic rings. The third kappa shape index (κ3) is 5.21. The van der Waals surface area contributed by atoms with Crippen LogP contribution in [-0.2, 0) is 17.1 Å². The number of imidazole rings is 1. The van der Waals surface area contributed by atoms with E-state index in [-0.39, 0.29) is 11.6 Å². The van der Waals surface area contributed by atoms with E-state index in [9.17, 15) is 8.42 Å². The number of pyridine rings is 1. The fraction of sp³-hybridized carbons (Fsp3) is 0.250. The first kappa shape index (κ1) is 18.7. The van der Waals surface area contributed by atoms with E-state index in [1.165, 1.54) is 12.5 Å². The van der Waals surface area contributed by atoms with Gasteiger partial charge in [0, 0.05) is 32.5 Å². The van der Waals surface area contributed by atoms with Crippen LogP contribution in [0.2, 0.25) is 0 Å². The van der Waals surface area contributed by atoms with E-state index in [0.717, 1.165) is 5.56 Å². The van der Waals surface area contributed by atoms with E-state index >= 15 is 0 Å². The number of sulfonamides is 1. The lowest BCUT2D eigenvalue weighted by atomic mass is 10.3. The van der Waals surface area contributed by atoms with Crippen LogP contribution in [0.5, 0.6) is 0 Å². The molecule has 0 atom stereocenters. The Kier molecular flexibility index (Phi) is 5.62. The molecular formula is C16H20N8O2S. The van der Waals surface area contributed by atoms with Crippen molar-refractivity contribution in [2.45, 2.75) is 11.9 Å². The van der Waals surface area contributed by atoms with Crippen molar-refractivity contribution in [2.24, 2.45) is 7.05 Å². The fourth-order valence-electron chi connectivity index (χ4n) is 2.21. The highest BCUT2D eigenvalue weighted by Gasteiger charge is 2.15. The van der Waals surface area contributed by atoms with Crippen LogP contribution in [0.3, 0.4) is 0 Å². The average Bonchev–Trinajstić information content (AvgIpc) is 3.08. The van der Waals surface area contributed by atoms with E-state index in [2.05, 4.69) is 35.5 Å². The fourth-order valence-corrected chi connectivity index (χ4v) is 3.22. The SMILES string of the molecule is Cc1ccnc(Nc2ccc(NCCNS(=O)(=O)c3cn(C)cn3)nn2)c1. The van der Waals surface area contributed by atoms with Crippen LogP contribution >= 0.6 is 0 Å². The van der Waals surface area contributed by atoms with Gasteiger partial charge in [0.25, 0.3) is 10.0 Å². The molecule has 142 valence electrons. The highest BCUT2D eigenvalue weighted by molar-refractivity contribution is 7.89. The summed E-state index contributed by atoms with van der Waals surface area (Å²) in [6.07, 6.45) is 4.59. The predicted molar refractivity (Wildman–Crippen MR) is 101 cm³/mol. The smallest absolute Gasteiger partial charge is 0.259 e. The van der Waals surface area contributed by atoms with Crippen molar-refractivity contribution in [1.29, 1.82) is 0 Å². The molecule has 0 aliphatic carbocycles. The maximum Gasteiger partial charge on any atom is 0.259 e. The van der Waals surface area contributed by atoms with Gasteiger partial charge < -0.3 is 15.2 Å². The number of rotatable bonds is 8. The molecule has 0 unspecified atom stereocenters. The van der Waals surface area contributed by atoms with Crippen molar-refractivity contribution < 1.29 is 8.42 Å². The summed E-state index contributed by atoms with van der Waals surface area (Å²) >= 11 is 0. The molecule has 3 heterocycles. The van der Waals surface area contributed by atoms with Gasteiger partial charge in [-0.25, -0.2) is 23.1 Å². The Labute approximate surface area is 157 Å². The Morgan fingerprint density at radius 2 is 1.81 bits per heavy atom. The molecule has 0 bridgehead atoms. The molecule has 10 nitrogen and oxygen atoms in total. The predicted octanol–water partition coefficient (Wildman–Crippen LogP) is 1.05. The summed E-state index contributed by atoms with van der Waals surface area (Å²) in [6.45, 7) is 2.52. The first-order valence-corrected chi connectivity index (χ1v) is 9.66. The van der Waals surface area contributed by atoms with Crippen molar-refractivity contribution in [3.05, 3.63) is 48.5 Å². The Hall–Kier alpha value is -3.05. The summed E-state index contributed by atoms with van der Waals surface area (Å²) in [6, 6.07) is 7.32. The lowest BCUT2D eigenvalue weighted by Gasteiger charge is -2.08. The van der Waals surface area contributed by atoms with Crippen molar-refractivity contribution in [3.8, 4) is 0 Å². The number of aromatic nitrogens is 5. The van der Waals surface area contributed by atoms with Gasteiger partial charge in [-0.15, -0.1) is 10.2 Å². The van der Waals surface area contributed by atoms with Crippen LogP contribution in [0.15, 0.2) is 48.0 Å². The normalized spacial score (nSPS) is 11.3. The van der Waals surface area contributed by atoms with Gasteiger partial charge in [0.15, 0.2) is 10.8 Å². The number of nitrogens with zero attached hydrogens (tertiary/aromatic N) is 5. The third-order valence-electron chi connectivity index (χ3n) is 3.52. The molecular weight excluding hydrogens is 368 g/mol. The van der Waals surface area contributed by atoms with Gasteiger partial charge >= 0.3 is 0 Å². The highest BCUT2D eigenvalue weighted by atomic mass is 32.2. The molecule has 0 saturated carbocycles. The molecule has 27 heavy (non-hydrogen) atoms. The molecule has 11 heteroatoms. The zero-order valence-electron chi connectivity index (χ0n) is 14.9. The van der Waals surface area contributed by atoms with E-state index in [4.69, 9.17) is 0 Å². The van der Waals surface area contributed by atoms with Gasteiger partial charge in [-0.3, -0.25) is 0 Å². The lowest BCUT2D eigenvalue weighted by molar-refractivity contribution is 0.579. The molecule has 0 fully saturated rings. The lowest BCUT2D eigenvalue weighted by Crippen LogP contribution is -2.29. The second-order valence-electron chi connectivity index (χ2n) is 5.85. The Balaban J connectivity index is 1.47. The molecule has 0 spiro atoms. The standard InChI is InChI=1S/C16H20N8O2S/c1-12-5-6-17-15(9-12)21-14-4-3-13(22-23-14)18-7-8-20-27(25,26)16-10-24(2)11-19-16/h3-6,9-11,20H,7-8H2,1-2H3,(H,18,22)(H,17,21,23). The molecule has 0 aliphatic rings. The summed E-state index contributed by atoms with van der Waals surface area (Å²) in [5, 5.41) is 14.2. The molecule has 3 N–H and O–H groups in total. The Bertz CT molecular complexity index is 1000. The number of anilines is 3. The summed E-state index contributed by atoms with van der Waals surface area (Å²) in [5.74, 6) is 1.79. The van der Waals surface area contributed by atoms with Crippen LogP contribution in [0.1, 0.15) is 5.56 Å². The van der Waals surface area contributed by atoms with Gasteiger partial charge in [-0.05, 0) is 36.8 Å². The first-order valence-electron chi connectivity index (χ1n) is 8.17. The summed E-state index contributed by atoms with van der Waals surface area (Å²) in [7, 11) is -1.91. The van der Waals surface area contributed by atoms with Crippen molar-refractivity contribution in [1.82, 2.24) is 29.5 Å². The van der Waals surface area contributed by atoms with Crippen LogP contribution in [0, 0.1) is 6.92 Å². The van der Waals surface area contributed by atoms with Gasteiger partial charge in [0.2, 0.25) is 0 Å². The summed E-state index contributed by atoms with van der Waals surface area (Å²) in [4.78, 5) is 8.03. The third-order valence-corrected chi connectivity index (χ3v) is 4.86. The van der Waals surface area contributed by atoms with Gasteiger partial charge in [-0.1, -0.05) is 0 Å². The maximum absolute atomic E-state index is 12.0. The minimum atomic E-state index is -3.61. The quantitative estimate of drug-likeness (QED) is 0.489. The maximum atomic E-state index is 12.0.